The van der Waals surface area contributed by atoms with Crippen molar-refractivity contribution < 1.29 is 9.34 Å². The van der Waals surface area contributed by atoms with E-state index in [4.69, 9.17) is 4.42 Å². The maximum Gasteiger partial charge on any atom is 0.269 e. The standard InChI is InChI=1S/C18H9BrN2O4/c19-14-3-6-17-16(8-14)18(22)13(10-25-17)7-12(9-20)11-1-4-15(5-2-11)21(23)24/h1-8,10H/b12-7+. The summed E-state index contributed by atoms with van der Waals surface area (Å²) in [5.41, 5.74) is 1.01. The number of nitro groups is 1. The van der Waals surface area contributed by atoms with Gasteiger partial charge in [0.2, 0.25) is 0 Å². The van der Waals surface area contributed by atoms with Gasteiger partial charge in [0, 0.05) is 16.6 Å². The average Bonchev–Trinajstić information content (AvgIpc) is 2.62. The van der Waals surface area contributed by atoms with Crippen LogP contribution in [0.4, 0.5) is 5.69 Å². The van der Waals surface area contributed by atoms with E-state index in [2.05, 4.69) is 15.9 Å². The highest BCUT2D eigenvalue weighted by Gasteiger charge is 2.10. The fourth-order valence-corrected chi connectivity index (χ4v) is 2.68. The average molecular weight is 397 g/mol. The summed E-state index contributed by atoms with van der Waals surface area (Å²) in [6.45, 7) is 0. The summed E-state index contributed by atoms with van der Waals surface area (Å²) in [6.07, 6.45) is 2.70. The molecule has 1 aromatic heterocycles. The molecular formula is C18H9BrN2O4. The molecule has 0 aliphatic heterocycles. The third-order valence-electron chi connectivity index (χ3n) is 3.57. The first-order chi connectivity index (χ1) is 12.0. The number of hydrogen-bond donors (Lipinski definition) is 0. The van der Waals surface area contributed by atoms with Crippen LogP contribution in [0.1, 0.15) is 11.1 Å². The number of halogens is 1. The predicted octanol–water partition coefficient (Wildman–Crippen LogP) is 4.53. The van der Waals surface area contributed by atoms with Crippen molar-refractivity contribution in [1.29, 1.82) is 5.26 Å². The minimum atomic E-state index is -0.518. The first-order valence-corrected chi connectivity index (χ1v) is 7.86. The molecule has 2 aromatic carbocycles. The summed E-state index contributed by atoms with van der Waals surface area (Å²) < 4.78 is 6.19. The number of nitriles is 1. The van der Waals surface area contributed by atoms with E-state index in [1.54, 1.807) is 18.2 Å². The molecule has 1 heterocycles. The number of non-ortho nitro benzene ring substituents is 1. The van der Waals surface area contributed by atoms with Crippen LogP contribution in [0.25, 0.3) is 22.6 Å². The number of nitro benzene ring substituents is 1. The first-order valence-electron chi connectivity index (χ1n) is 7.07. The molecule has 0 saturated heterocycles. The molecule has 7 heteroatoms. The van der Waals surface area contributed by atoms with Gasteiger partial charge in [-0.1, -0.05) is 15.9 Å². The van der Waals surface area contributed by atoms with E-state index in [-0.39, 0.29) is 22.3 Å². The van der Waals surface area contributed by atoms with Crippen LogP contribution in [0.3, 0.4) is 0 Å². The number of rotatable bonds is 3. The molecule has 0 unspecified atom stereocenters. The van der Waals surface area contributed by atoms with E-state index in [0.717, 1.165) is 4.47 Å². The van der Waals surface area contributed by atoms with E-state index in [0.29, 0.717) is 16.5 Å². The molecule has 6 nitrogen and oxygen atoms in total. The van der Waals surface area contributed by atoms with Gasteiger partial charge in [-0.3, -0.25) is 14.9 Å². The Morgan fingerprint density at radius 2 is 1.96 bits per heavy atom. The van der Waals surface area contributed by atoms with Gasteiger partial charge in [-0.15, -0.1) is 0 Å². The lowest BCUT2D eigenvalue weighted by Gasteiger charge is -2.01. The molecule has 25 heavy (non-hydrogen) atoms. The highest BCUT2D eigenvalue weighted by atomic mass is 79.9. The summed E-state index contributed by atoms with van der Waals surface area (Å²) in [5.74, 6) is 0. The van der Waals surface area contributed by atoms with E-state index in [1.807, 2.05) is 6.07 Å². The summed E-state index contributed by atoms with van der Waals surface area (Å²) in [4.78, 5) is 22.8. The summed E-state index contributed by atoms with van der Waals surface area (Å²) in [5, 5.41) is 20.5. The number of hydrogen-bond acceptors (Lipinski definition) is 5. The molecule has 3 rings (SSSR count). The molecule has 0 radical (unpaired) electrons. The van der Waals surface area contributed by atoms with Crippen LogP contribution >= 0.6 is 15.9 Å². The molecule has 3 aromatic rings. The fourth-order valence-electron chi connectivity index (χ4n) is 2.32. The SMILES string of the molecule is N#C/C(=C\c1coc2ccc(Br)cc2c1=O)c1ccc([N+](=O)[O-])cc1. The topological polar surface area (TPSA) is 97.1 Å². The zero-order chi connectivity index (χ0) is 18.0. The van der Waals surface area contributed by atoms with Crippen LogP contribution in [-0.2, 0) is 0 Å². The Morgan fingerprint density at radius 3 is 2.60 bits per heavy atom. The van der Waals surface area contributed by atoms with Gasteiger partial charge < -0.3 is 4.42 Å². The van der Waals surface area contributed by atoms with Crippen molar-refractivity contribution in [1.82, 2.24) is 0 Å². The number of benzene rings is 2. The number of nitrogens with zero attached hydrogens (tertiary/aromatic N) is 2. The maximum absolute atomic E-state index is 12.6. The van der Waals surface area contributed by atoms with Crippen molar-refractivity contribution in [3.8, 4) is 6.07 Å². The van der Waals surface area contributed by atoms with E-state index in [9.17, 15) is 20.2 Å². The maximum atomic E-state index is 12.6. The second-order valence-corrected chi connectivity index (χ2v) is 6.05. The minimum Gasteiger partial charge on any atom is -0.463 e. The molecular weight excluding hydrogens is 388 g/mol. The Bertz CT molecular complexity index is 1110. The molecule has 0 spiro atoms. The zero-order valence-electron chi connectivity index (χ0n) is 12.6. The van der Waals surface area contributed by atoms with Gasteiger partial charge in [0.05, 0.1) is 27.5 Å². The fraction of sp³-hybridized carbons (Fsp3) is 0. The number of allylic oxidation sites excluding steroid dienone is 1. The largest absolute Gasteiger partial charge is 0.463 e. The van der Waals surface area contributed by atoms with Gasteiger partial charge in [-0.2, -0.15) is 5.26 Å². The van der Waals surface area contributed by atoms with Crippen LogP contribution < -0.4 is 5.43 Å². The van der Waals surface area contributed by atoms with Crippen LogP contribution in [0, 0.1) is 21.4 Å². The molecule has 0 atom stereocenters. The van der Waals surface area contributed by atoms with Crippen LogP contribution in [0.15, 0.2) is 62.4 Å². The van der Waals surface area contributed by atoms with Gasteiger partial charge in [0.15, 0.2) is 5.43 Å². The van der Waals surface area contributed by atoms with Gasteiger partial charge in [-0.05, 0) is 42.0 Å². The van der Waals surface area contributed by atoms with Gasteiger partial charge >= 0.3 is 0 Å². The van der Waals surface area contributed by atoms with Crippen molar-refractivity contribution in [2.45, 2.75) is 0 Å². The smallest absolute Gasteiger partial charge is 0.269 e. The monoisotopic (exact) mass is 396 g/mol. The first kappa shape index (κ1) is 16.6. The second kappa shape index (κ2) is 6.71. The van der Waals surface area contributed by atoms with Crippen molar-refractivity contribution >= 4 is 44.2 Å². The minimum absolute atomic E-state index is 0.0730. The molecule has 0 saturated carbocycles. The third kappa shape index (κ3) is 3.34. The molecule has 0 aliphatic carbocycles. The van der Waals surface area contributed by atoms with E-state index in [1.165, 1.54) is 36.6 Å². The van der Waals surface area contributed by atoms with Crippen LogP contribution in [-0.4, -0.2) is 4.92 Å². The normalized spacial score (nSPS) is 11.3. The Balaban J connectivity index is 2.10. The van der Waals surface area contributed by atoms with Crippen LogP contribution in [0.5, 0.6) is 0 Å². The molecule has 0 aliphatic rings. The molecule has 0 fully saturated rings. The lowest BCUT2D eigenvalue weighted by atomic mass is 10.0. The molecule has 0 N–H and O–H groups in total. The highest BCUT2D eigenvalue weighted by Crippen LogP contribution is 2.22. The Hall–Kier alpha value is -3.24. The Morgan fingerprint density at radius 1 is 1.24 bits per heavy atom. The van der Waals surface area contributed by atoms with Crippen molar-refractivity contribution in [3.63, 3.8) is 0 Å². The molecule has 0 amide bonds. The zero-order valence-corrected chi connectivity index (χ0v) is 14.2. The lowest BCUT2D eigenvalue weighted by molar-refractivity contribution is -0.384. The van der Waals surface area contributed by atoms with Crippen molar-refractivity contribution in [2.75, 3.05) is 0 Å². The van der Waals surface area contributed by atoms with E-state index < -0.39 is 4.92 Å². The quantitative estimate of drug-likeness (QED) is 0.368. The third-order valence-corrected chi connectivity index (χ3v) is 4.06. The van der Waals surface area contributed by atoms with E-state index >= 15 is 0 Å². The van der Waals surface area contributed by atoms with Gasteiger partial charge in [-0.25, -0.2) is 0 Å². The van der Waals surface area contributed by atoms with Gasteiger partial charge in [0.25, 0.3) is 5.69 Å². The Kier molecular flexibility index (Phi) is 4.46. The summed E-state index contributed by atoms with van der Waals surface area (Å²) in [7, 11) is 0. The second-order valence-electron chi connectivity index (χ2n) is 5.13. The summed E-state index contributed by atoms with van der Waals surface area (Å²) >= 11 is 3.31. The Labute approximate surface area is 149 Å². The predicted molar refractivity (Wildman–Crippen MR) is 96.8 cm³/mol. The van der Waals surface area contributed by atoms with Crippen molar-refractivity contribution in [2.24, 2.45) is 0 Å². The molecule has 122 valence electrons. The van der Waals surface area contributed by atoms with Crippen molar-refractivity contribution in [3.05, 3.63) is 84.7 Å². The number of fused-ring (bicyclic) bond motifs is 1. The molecule has 0 bridgehead atoms. The van der Waals surface area contributed by atoms with Crippen LogP contribution in [0.2, 0.25) is 0 Å². The van der Waals surface area contributed by atoms with Gasteiger partial charge in [0.1, 0.15) is 11.8 Å². The lowest BCUT2D eigenvalue weighted by Crippen LogP contribution is -2.05. The summed E-state index contributed by atoms with van der Waals surface area (Å²) in [6, 6.07) is 12.6. The highest BCUT2D eigenvalue weighted by molar-refractivity contribution is 9.10.